The third-order valence-corrected chi connectivity index (χ3v) is 8.39. The van der Waals surface area contributed by atoms with Crippen LogP contribution in [0.2, 0.25) is 5.02 Å². The third-order valence-electron chi connectivity index (χ3n) is 8.07. The number of hydrogen-bond acceptors (Lipinski definition) is 6. The number of rotatable bonds is 5. The first kappa shape index (κ1) is 24.8. The molecule has 0 saturated heterocycles. The van der Waals surface area contributed by atoms with E-state index in [2.05, 4.69) is 31.8 Å². The quantitative estimate of drug-likeness (QED) is 0.248. The van der Waals surface area contributed by atoms with Crippen LogP contribution in [0, 0.1) is 5.92 Å². The second kappa shape index (κ2) is 10.4. The van der Waals surface area contributed by atoms with Gasteiger partial charge in [0.15, 0.2) is 0 Å². The molecule has 0 radical (unpaired) electrons. The predicted molar refractivity (Wildman–Crippen MR) is 160 cm³/mol. The van der Waals surface area contributed by atoms with Crippen molar-refractivity contribution in [2.45, 2.75) is 31.7 Å². The van der Waals surface area contributed by atoms with Crippen molar-refractivity contribution in [3.63, 3.8) is 0 Å². The largest absolute Gasteiger partial charge is 0.330 e. The molecule has 2 N–H and O–H groups in total. The van der Waals surface area contributed by atoms with Gasteiger partial charge in [-0.1, -0.05) is 29.8 Å². The molecule has 7 rings (SSSR count). The van der Waals surface area contributed by atoms with Gasteiger partial charge in [0.1, 0.15) is 17.7 Å². The Morgan fingerprint density at radius 2 is 1.73 bits per heavy atom. The standard InChI is InChI=1S/C32H28ClN7/c33-26-15-21-6-10-28(27-3-1-2-13-35-27)39-30(21)16-25(26)22-7-11-29(36-18-22)31-24-12-14-40(32(24)38-19-37-31)23-8-4-20(17-34)5-9-23/h1-3,6-7,10-16,18-20,23H,4-5,8-9,17,34H2. The summed E-state index contributed by atoms with van der Waals surface area (Å²) in [6.45, 7) is 0.778. The molecule has 7 nitrogen and oxygen atoms in total. The minimum absolute atomic E-state index is 0.445. The molecule has 1 aliphatic carbocycles. The topological polar surface area (TPSA) is 95.4 Å². The van der Waals surface area contributed by atoms with Crippen molar-refractivity contribution >= 4 is 33.5 Å². The summed E-state index contributed by atoms with van der Waals surface area (Å²) < 4.78 is 2.31. The molecule has 40 heavy (non-hydrogen) atoms. The van der Waals surface area contributed by atoms with Gasteiger partial charge in [-0.3, -0.25) is 9.97 Å². The number of hydrogen-bond donors (Lipinski definition) is 1. The van der Waals surface area contributed by atoms with Gasteiger partial charge in [-0.15, -0.1) is 0 Å². The molecule has 5 heterocycles. The maximum atomic E-state index is 6.73. The first-order valence-electron chi connectivity index (χ1n) is 13.7. The van der Waals surface area contributed by atoms with Crippen LogP contribution in [0.25, 0.3) is 55.8 Å². The first-order chi connectivity index (χ1) is 19.7. The Hall–Kier alpha value is -4.20. The Morgan fingerprint density at radius 1 is 0.850 bits per heavy atom. The van der Waals surface area contributed by atoms with Gasteiger partial charge in [0, 0.05) is 51.6 Å². The zero-order valence-corrected chi connectivity index (χ0v) is 22.7. The van der Waals surface area contributed by atoms with E-state index in [0.717, 1.165) is 75.2 Å². The minimum atomic E-state index is 0.445. The van der Waals surface area contributed by atoms with Crippen molar-refractivity contribution in [2.75, 3.05) is 6.54 Å². The van der Waals surface area contributed by atoms with E-state index in [0.29, 0.717) is 17.0 Å². The molecule has 6 aromatic rings. The molecule has 0 amide bonds. The molecule has 8 heteroatoms. The van der Waals surface area contributed by atoms with Gasteiger partial charge in [0.05, 0.1) is 22.6 Å². The van der Waals surface area contributed by atoms with Crippen LogP contribution in [0.3, 0.4) is 0 Å². The Labute approximate surface area is 237 Å². The van der Waals surface area contributed by atoms with Crippen molar-refractivity contribution in [1.29, 1.82) is 0 Å². The first-order valence-corrected chi connectivity index (χ1v) is 14.1. The predicted octanol–water partition coefficient (Wildman–Crippen LogP) is 7.11. The number of fused-ring (bicyclic) bond motifs is 2. The lowest BCUT2D eigenvalue weighted by Crippen LogP contribution is -2.23. The summed E-state index contributed by atoms with van der Waals surface area (Å²) in [5.41, 5.74) is 12.8. The highest BCUT2D eigenvalue weighted by Crippen LogP contribution is 2.36. The number of aromatic nitrogens is 6. The summed E-state index contributed by atoms with van der Waals surface area (Å²) in [5, 5.41) is 2.64. The number of nitrogens with two attached hydrogens (primary N) is 1. The minimum Gasteiger partial charge on any atom is -0.330 e. The van der Waals surface area contributed by atoms with Crippen LogP contribution >= 0.6 is 11.6 Å². The Morgan fingerprint density at radius 3 is 2.50 bits per heavy atom. The van der Waals surface area contributed by atoms with Gasteiger partial charge in [0.2, 0.25) is 0 Å². The van der Waals surface area contributed by atoms with Gasteiger partial charge >= 0.3 is 0 Å². The summed E-state index contributed by atoms with van der Waals surface area (Å²) in [5.74, 6) is 0.640. The molecule has 5 aromatic heterocycles. The highest BCUT2D eigenvalue weighted by Gasteiger charge is 2.23. The summed E-state index contributed by atoms with van der Waals surface area (Å²) in [6.07, 6.45) is 12.0. The van der Waals surface area contributed by atoms with E-state index in [1.807, 2.05) is 60.8 Å². The van der Waals surface area contributed by atoms with Crippen LogP contribution in [-0.4, -0.2) is 36.0 Å². The molecule has 0 atom stereocenters. The summed E-state index contributed by atoms with van der Waals surface area (Å²) in [7, 11) is 0. The van der Waals surface area contributed by atoms with E-state index in [-0.39, 0.29) is 0 Å². The van der Waals surface area contributed by atoms with Crippen LogP contribution in [0.1, 0.15) is 31.7 Å². The van der Waals surface area contributed by atoms with Crippen LogP contribution < -0.4 is 5.73 Å². The van der Waals surface area contributed by atoms with Crippen LogP contribution in [0.4, 0.5) is 0 Å². The molecule has 1 aliphatic rings. The Bertz CT molecular complexity index is 1810. The van der Waals surface area contributed by atoms with Crippen molar-refractivity contribution in [3.8, 4) is 33.9 Å². The number of halogens is 1. The average Bonchev–Trinajstić information content (AvgIpc) is 3.46. The molecule has 0 spiro atoms. The number of pyridine rings is 3. The lowest BCUT2D eigenvalue weighted by molar-refractivity contribution is 0.283. The van der Waals surface area contributed by atoms with Crippen LogP contribution in [-0.2, 0) is 0 Å². The smallest absolute Gasteiger partial charge is 0.144 e. The van der Waals surface area contributed by atoms with Crippen molar-refractivity contribution < 1.29 is 0 Å². The highest BCUT2D eigenvalue weighted by atomic mass is 35.5. The fourth-order valence-electron chi connectivity index (χ4n) is 5.84. The van der Waals surface area contributed by atoms with E-state index < -0.39 is 0 Å². The third kappa shape index (κ3) is 4.51. The summed E-state index contributed by atoms with van der Waals surface area (Å²) >= 11 is 6.73. The molecule has 0 unspecified atom stereocenters. The van der Waals surface area contributed by atoms with Gasteiger partial charge in [0.25, 0.3) is 0 Å². The molecule has 0 bridgehead atoms. The van der Waals surface area contributed by atoms with Crippen molar-refractivity contribution in [2.24, 2.45) is 11.7 Å². The molecule has 0 aliphatic heterocycles. The van der Waals surface area contributed by atoms with Crippen molar-refractivity contribution in [1.82, 2.24) is 29.5 Å². The second-order valence-electron chi connectivity index (χ2n) is 10.5. The number of benzene rings is 1. The Balaban J connectivity index is 1.20. The van der Waals surface area contributed by atoms with E-state index in [1.54, 1.807) is 12.5 Å². The SMILES string of the molecule is NCC1CCC(n2ccc3c(-c4ccc(-c5cc6nc(-c7ccccn7)ccc6cc5Cl)cn4)ncnc32)CC1. The molecule has 198 valence electrons. The van der Waals surface area contributed by atoms with Gasteiger partial charge in [-0.25, -0.2) is 15.0 Å². The van der Waals surface area contributed by atoms with E-state index >= 15 is 0 Å². The van der Waals surface area contributed by atoms with Crippen LogP contribution in [0.15, 0.2) is 85.6 Å². The maximum absolute atomic E-state index is 6.73. The van der Waals surface area contributed by atoms with Gasteiger partial charge < -0.3 is 10.3 Å². The molecule has 1 aromatic carbocycles. The van der Waals surface area contributed by atoms with E-state index in [4.69, 9.17) is 27.3 Å². The number of nitrogens with zero attached hydrogens (tertiary/aromatic N) is 6. The summed E-state index contributed by atoms with van der Waals surface area (Å²) in [6, 6.07) is 20.4. The molecular weight excluding hydrogens is 518 g/mol. The average molecular weight is 546 g/mol. The maximum Gasteiger partial charge on any atom is 0.144 e. The lowest BCUT2D eigenvalue weighted by Gasteiger charge is -2.29. The highest BCUT2D eigenvalue weighted by molar-refractivity contribution is 6.34. The lowest BCUT2D eigenvalue weighted by atomic mass is 9.86. The summed E-state index contributed by atoms with van der Waals surface area (Å²) in [4.78, 5) is 23.4. The monoisotopic (exact) mass is 545 g/mol. The molecule has 1 fully saturated rings. The van der Waals surface area contributed by atoms with Crippen molar-refractivity contribution in [3.05, 3.63) is 90.6 Å². The van der Waals surface area contributed by atoms with Crippen LogP contribution in [0.5, 0.6) is 0 Å². The normalized spacial score (nSPS) is 17.4. The Kier molecular flexibility index (Phi) is 6.46. The molecular formula is C32H28ClN7. The second-order valence-corrected chi connectivity index (χ2v) is 10.9. The van der Waals surface area contributed by atoms with E-state index in [1.165, 1.54) is 12.8 Å². The fourth-order valence-corrected chi connectivity index (χ4v) is 6.12. The van der Waals surface area contributed by atoms with Gasteiger partial charge in [-0.2, -0.15) is 0 Å². The zero-order chi connectivity index (χ0) is 27.1. The molecule has 1 saturated carbocycles. The fraction of sp³-hybridized carbons (Fsp3) is 0.219. The van der Waals surface area contributed by atoms with Gasteiger partial charge in [-0.05, 0) is 80.6 Å². The van der Waals surface area contributed by atoms with E-state index in [9.17, 15) is 0 Å². The zero-order valence-electron chi connectivity index (χ0n) is 21.9.